The molecule has 0 radical (unpaired) electrons. The predicted octanol–water partition coefficient (Wildman–Crippen LogP) is 2.49. The van der Waals surface area contributed by atoms with Gasteiger partial charge in [-0.2, -0.15) is 5.10 Å². The molecule has 1 N–H and O–H groups in total. The van der Waals surface area contributed by atoms with Crippen LogP contribution >= 0.6 is 0 Å². The van der Waals surface area contributed by atoms with Crippen LogP contribution in [0.15, 0.2) is 42.7 Å². The van der Waals surface area contributed by atoms with Crippen molar-refractivity contribution in [3.05, 3.63) is 48.3 Å². The van der Waals surface area contributed by atoms with Crippen LogP contribution in [-0.2, 0) is 0 Å². The minimum absolute atomic E-state index is 0.0928. The van der Waals surface area contributed by atoms with Gasteiger partial charge in [0, 0.05) is 24.0 Å². The maximum Gasteiger partial charge on any atom is 0.338 e. The molecule has 21 heavy (non-hydrogen) atoms. The Morgan fingerprint density at radius 2 is 2.19 bits per heavy atom. The number of carbonyl (C=O) groups is 1. The van der Waals surface area contributed by atoms with E-state index in [4.69, 9.17) is 9.84 Å². The van der Waals surface area contributed by atoms with Crippen molar-refractivity contribution in [2.75, 3.05) is 6.61 Å². The number of benzene rings is 1. The van der Waals surface area contributed by atoms with Gasteiger partial charge in [0.15, 0.2) is 5.65 Å². The summed E-state index contributed by atoms with van der Waals surface area (Å²) in [5, 5.41) is 13.4. The zero-order valence-corrected chi connectivity index (χ0v) is 11.4. The second kappa shape index (κ2) is 5.24. The number of aromatic nitrogens is 3. The van der Waals surface area contributed by atoms with E-state index in [1.165, 1.54) is 16.9 Å². The van der Waals surface area contributed by atoms with Crippen LogP contribution in [0, 0.1) is 0 Å². The number of fused-ring (bicyclic) bond motifs is 1. The van der Waals surface area contributed by atoms with Crippen molar-refractivity contribution in [2.45, 2.75) is 6.92 Å². The second-order valence-corrected chi connectivity index (χ2v) is 4.41. The number of carboxylic acids is 1. The molecule has 1 aromatic carbocycles. The number of hydrogen-bond acceptors (Lipinski definition) is 4. The van der Waals surface area contributed by atoms with E-state index in [-0.39, 0.29) is 5.56 Å². The highest BCUT2D eigenvalue weighted by atomic mass is 16.5. The number of rotatable bonds is 4. The SMILES string of the molecule is CCOc1ccccc1-c1cc2ncc(C(=O)O)cn2n1. The molecule has 0 saturated heterocycles. The first-order chi connectivity index (χ1) is 10.2. The van der Waals surface area contributed by atoms with Gasteiger partial charge in [0.05, 0.1) is 17.9 Å². The minimum Gasteiger partial charge on any atom is -0.493 e. The molecule has 0 saturated carbocycles. The largest absolute Gasteiger partial charge is 0.493 e. The fourth-order valence-corrected chi connectivity index (χ4v) is 2.08. The van der Waals surface area contributed by atoms with E-state index in [0.29, 0.717) is 17.9 Å². The fraction of sp³-hybridized carbons (Fsp3) is 0.133. The summed E-state index contributed by atoms with van der Waals surface area (Å²) in [5.74, 6) is -0.293. The van der Waals surface area contributed by atoms with Crippen LogP contribution in [0.1, 0.15) is 17.3 Å². The summed E-state index contributed by atoms with van der Waals surface area (Å²) in [6, 6.07) is 9.37. The van der Waals surface area contributed by atoms with E-state index in [2.05, 4.69) is 10.1 Å². The molecule has 0 fully saturated rings. The average molecular weight is 283 g/mol. The van der Waals surface area contributed by atoms with Crippen molar-refractivity contribution in [3.63, 3.8) is 0 Å². The van der Waals surface area contributed by atoms with Gasteiger partial charge in [-0.3, -0.25) is 0 Å². The Morgan fingerprint density at radius 3 is 2.95 bits per heavy atom. The third-order valence-corrected chi connectivity index (χ3v) is 3.02. The third kappa shape index (κ3) is 2.43. The van der Waals surface area contributed by atoms with Crippen molar-refractivity contribution in [3.8, 4) is 17.0 Å². The van der Waals surface area contributed by atoms with Crippen molar-refractivity contribution in [1.29, 1.82) is 0 Å². The van der Waals surface area contributed by atoms with E-state index in [1.54, 1.807) is 6.07 Å². The maximum atomic E-state index is 11.0. The highest BCUT2D eigenvalue weighted by Gasteiger charge is 2.12. The van der Waals surface area contributed by atoms with E-state index < -0.39 is 5.97 Å². The topological polar surface area (TPSA) is 76.7 Å². The fourth-order valence-electron chi connectivity index (χ4n) is 2.08. The summed E-state index contributed by atoms with van der Waals surface area (Å²) in [6.07, 6.45) is 2.76. The smallest absolute Gasteiger partial charge is 0.338 e. The van der Waals surface area contributed by atoms with Crippen molar-refractivity contribution in [1.82, 2.24) is 14.6 Å². The van der Waals surface area contributed by atoms with E-state index in [9.17, 15) is 4.79 Å². The van der Waals surface area contributed by atoms with Crippen molar-refractivity contribution < 1.29 is 14.6 Å². The molecule has 0 atom stereocenters. The first-order valence-electron chi connectivity index (χ1n) is 6.50. The van der Waals surface area contributed by atoms with E-state index in [1.807, 2.05) is 31.2 Å². The summed E-state index contributed by atoms with van der Waals surface area (Å²) >= 11 is 0. The van der Waals surface area contributed by atoms with Crippen LogP contribution in [0.3, 0.4) is 0 Å². The van der Waals surface area contributed by atoms with Crippen LogP contribution in [-0.4, -0.2) is 32.3 Å². The highest BCUT2D eigenvalue weighted by molar-refractivity contribution is 5.87. The standard InChI is InChI=1S/C15H13N3O3/c1-2-21-13-6-4-3-5-11(13)12-7-14-16-8-10(15(19)20)9-18(14)17-12/h3-9H,2H2,1H3,(H,19,20). The Kier molecular flexibility index (Phi) is 3.27. The molecule has 6 heteroatoms. The van der Waals surface area contributed by atoms with E-state index >= 15 is 0 Å². The number of ether oxygens (including phenoxy) is 1. The molecule has 0 aliphatic carbocycles. The number of para-hydroxylation sites is 1. The van der Waals surface area contributed by atoms with Crippen molar-refractivity contribution in [2.24, 2.45) is 0 Å². The Bertz CT molecular complexity index is 811. The Morgan fingerprint density at radius 1 is 1.38 bits per heavy atom. The molecule has 0 amide bonds. The number of aromatic carboxylic acids is 1. The maximum absolute atomic E-state index is 11.0. The number of carboxylic acid groups (broad SMARTS) is 1. The molecule has 0 spiro atoms. The first-order valence-corrected chi connectivity index (χ1v) is 6.50. The van der Waals surface area contributed by atoms with Crippen LogP contribution in [0.5, 0.6) is 5.75 Å². The zero-order valence-electron chi connectivity index (χ0n) is 11.4. The lowest BCUT2D eigenvalue weighted by Crippen LogP contribution is -2.01. The van der Waals surface area contributed by atoms with Crippen LogP contribution < -0.4 is 4.74 Å². The van der Waals surface area contributed by atoms with Crippen molar-refractivity contribution >= 4 is 11.6 Å². The van der Waals surface area contributed by atoms with Gasteiger partial charge in [0.1, 0.15) is 5.75 Å². The molecular formula is C15H13N3O3. The summed E-state index contributed by atoms with van der Waals surface area (Å²) in [4.78, 5) is 15.1. The molecular weight excluding hydrogens is 270 g/mol. The van der Waals surface area contributed by atoms with E-state index in [0.717, 1.165) is 11.3 Å². The first kappa shape index (κ1) is 13.1. The lowest BCUT2D eigenvalue weighted by atomic mass is 10.1. The van der Waals surface area contributed by atoms with Gasteiger partial charge in [-0.15, -0.1) is 0 Å². The molecule has 3 aromatic rings. The Balaban J connectivity index is 2.11. The molecule has 6 nitrogen and oxygen atoms in total. The van der Waals surface area contributed by atoms with Gasteiger partial charge < -0.3 is 9.84 Å². The molecule has 0 unspecified atom stereocenters. The van der Waals surface area contributed by atoms with Gasteiger partial charge >= 0.3 is 5.97 Å². The molecule has 2 aromatic heterocycles. The van der Waals surface area contributed by atoms with Gasteiger partial charge in [0.25, 0.3) is 0 Å². The summed E-state index contributed by atoms with van der Waals surface area (Å²) in [6.45, 7) is 2.48. The summed E-state index contributed by atoms with van der Waals surface area (Å²) < 4.78 is 7.05. The quantitative estimate of drug-likeness (QED) is 0.796. The summed E-state index contributed by atoms with van der Waals surface area (Å²) in [5.41, 5.74) is 2.22. The third-order valence-electron chi connectivity index (χ3n) is 3.02. The predicted molar refractivity (Wildman–Crippen MR) is 76.6 cm³/mol. The van der Waals surface area contributed by atoms with Crippen LogP contribution in [0.25, 0.3) is 16.9 Å². The van der Waals surface area contributed by atoms with Crippen LogP contribution in [0.2, 0.25) is 0 Å². The Labute approximate surface area is 120 Å². The monoisotopic (exact) mass is 283 g/mol. The Hall–Kier alpha value is -2.89. The summed E-state index contributed by atoms with van der Waals surface area (Å²) in [7, 11) is 0. The molecule has 2 heterocycles. The van der Waals surface area contributed by atoms with Crippen LogP contribution in [0.4, 0.5) is 0 Å². The van der Waals surface area contributed by atoms with Gasteiger partial charge in [0.2, 0.25) is 0 Å². The second-order valence-electron chi connectivity index (χ2n) is 4.41. The molecule has 0 aliphatic heterocycles. The molecule has 3 rings (SSSR count). The lowest BCUT2D eigenvalue weighted by molar-refractivity contribution is 0.0695. The highest BCUT2D eigenvalue weighted by Crippen LogP contribution is 2.29. The molecule has 0 bridgehead atoms. The van der Waals surface area contributed by atoms with Gasteiger partial charge in [-0.05, 0) is 19.1 Å². The lowest BCUT2D eigenvalue weighted by Gasteiger charge is -2.07. The van der Waals surface area contributed by atoms with Gasteiger partial charge in [-0.1, -0.05) is 12.1 Å². The molecule has 106 valence electrons. The molecule has 0 aliphatic rings. The number of nitrogens with zero attached hydrogens (tertiary/aromatic N) is 3. The van der Waals surface area contributed by atoms with Gasteiger partial charge in [-0.25, -0.2) is 14.3 Å². The minimum atomic E-state index is -1.03. The average Bonchev–Trinajstić information content (AvgIpc) is 2.90. The normalized spacial score (nSPS) is 10.7. The zero-order chi connectivity index (χ0) is 14.8. The number of hydrogen-bond donors (Lipinski definition) is 1.